The summed E-state index contributed by atoms with van der Waals surface area (Å²) >= 11 is 0. The molecule has 3 heteroatoms. The summed E-state index contributed by atoms with van der Waals surface area (Å²) in [4.78, 5) is 0. The number of ether oxygens (including phenoxy) is 1. The lowest BCUT2D eigenvalue weighted by atomic mass is 9.92. The van der Waals surface area contributed by atoms with Crippen LogP contribution in [0.4, 0.5) is 0 Å². The number of nitrogens with one attached hydrogen (secondary N) is 1. The molecule has 1 N–H and O–H groups in total. The topological polar surface area (TPSA) is 34.4 Å². The number of morpholine rings is 1. The molecule has 0 bridgehead atoms. The highest BCUT2D eigenvalue weighted by Gasteiger charge is 2.34. The Hall–Kier alpha value is -0.800. The highest BCUT2D eigenvalue weighted by molar-refractivity contribution is 5.05. The molecule has 1 aliphatic rings. The average Bonchev–Trinajstić information content (AvgIpc) is 2.68. The molecule has 16 heavy (non-hydrogen) atoms. The van der Waals surface area contributed by atoms with Crippen LogP contribution in [0.1, 0.15) is 39.1 Å². The summed E-state index contributed by atoms with van der Waals surface area (Å²) in [7, 11) is 0. The predicted molar refractivity (Wildman–Crippen MR) is 63.3 cm³/mol. The predicted octanol–water partition coefficient (Wildman–Crippen LogP) is 2.75. The van der Waals surface area contributed by atoms with Crippen molar-refractivity contribution in [1.82, 2.24) is 5.32 Å². The zero-order chi connectivity index (χ0) is 11.6. The second kappa shape index (κ2) is 4.60. The molecule has 90 valence electrons. The molecule has 0 saturated carbocycles. The monoisotopic (exact) mass is 223 g/mol. The second-order valence-electron chi connectivity index (χ2n) is 5.30. The van der Waals surface area contributed by atoms with E-state index in [4.69, 9.17) is 9.15 Å². The molecule has 1 aliphatic heterocycles. The van der Waals surface area contributed by atoms with Gasteiger partial charge in [0.15, 0.2) is 0 Å². The van der Waals surface area contributed by atoms with Gasteiger partial charge >= 0.3 is 0 Å². The molecule has 0 amide bonds. The summed E-state index contributed by atoms with van der Waals surface area (Å²) in [5.41, 5.74) is -0.0795. The Morgan fingerprint density at radius 1 is 1.56 bits per heavy atom. The molecule has 0 spiro atoms. The summed E-state index contributed by atoms with van der Waals surface area (Å²) in [6, 6.07) is 3.89. The standard InChI is InChI=1S/C13H21NO2/c1-10(2)7-13(3)9-14-8-12(16-13)11-5-4-6-15-11/h4-6,10,12,14H,7-9H2,1-3H3. The molecule has 2 unspecified atom stereocenters. The van der Waals surface area contributed by atoms with E-state index in [0.717, 1.165) is 25.3 Å². The first-order valence-electron chi connectivity index (χ1n) is 6.01. The van der Waals surface area contributed by atoms with Crippen molar-refractivity contribution in [3.63, 3.8) is 0 Å². The lowest BCUT2D eigenvalue weighted by molar-refractivity contribution is -0.123. The highest BCUT2D eigenvalue weighted by atomic mass is 16.5. The molecule has 2 heterocycles. The molecule has 0 radical (unpaired) electrons. The molecular weight excluding hydrogens is 202 g/mol. The summed E-state index contributed by atoms with van der Waals surface area (Å²) in [5, 5.41) is 3.43. The molecule has 0 aliphatic carbocycles. The Morgan fingerprint density at radius 3 is 3.00 bits per heavy atom. The Kier molecular flexibility index (Phi) is 3.36. The van der Waals surface area contributed by atoms with Gasteiger partial charge in [0.2, 0.25) is 0 Å². The second-order valence-corrected chi connectivity index (χ2v) is 5.30. The number of rotatable bonds is 3. The molecule has 3 nitrogen and oxygen atoms in total. The third kappa shape index (κ3) is 2.66. The van der Waals surface area contributed by atoms with Gasteiger partial charge in [-0.2, -0.15) is 0 Å². The van der Waals surface area contributed by atoms with Crippen LogP contribution in [0.2, 0.25) is 0 Å². The van der Waals surface area contributed by atoms with Crippen molar-refractivity contribution in [3.8, 4) is 0 Å². The first-order chi connectivity index (χ1) is 7.59. The highest BCUT2D eigenvalue weighted by Crippen LogP contribution is 2.31. The summed E-state index contributed by atoms with van der Waals surface area (Å²) in [6.45, 7) is 8.38. The first kappa shape index (κ1) is 11.7. The molecule has 1 aromatic rings. The normalized spacial score (nSPS) is 30.9. The minimum absolute atomic E-state index is 0.0486. The van der Waals surface area contributed by atoms with E-state index in [0.29, 0.717) is 5.92 Å². The fourth-order valence-corrected chi connectivity index (χ4v) is 2.51. The number of hydrogen-bond acceptors (Lipinski definition) is 3. The van der Waals surface area contributed by atoms with E-state index in [2.05, 4.69) is 26.1 Å². The first-order valence-corrected chi connectivity index (χ1v) is 6.01. The maximum atomic E-state index is 6.17. The number of hydrogen-bond donors (Lipinski definition) is 1. The molecule has 1 aromatic heterocycles. The van der Waals surface area contributed by atoms with E-state index < -0.39 is 0 Å². The van der Waals surface area contributed by atoms with Gasteiger partial charge in [0.25, 0.3) is 0 Å². The number of furan rings is 1. The summed E-state index contributed by atoms with van der Waals surface area (Å²) in [5.74, 6) is 1.56. The van der Waals surface area contributed by atoms with Crippen molar-refractivity contribution in [3.05, 3.63) is 24.2 Å². The largest absolute Gasteiger partial charge is 0.467 e. The lowest BCUT2D eigenvalue weighted by Gasteiger charge is -2.39. The quantitative estimate of drug-likeness (QED) is 0.855. The van der Waals surface area contributed by atoms with Crippen LogP contribution < -0.4 is 5.32 Å². The van der Waals surface area contributed by atoms with Gasteiger partial charge in [0, 0.05) is 13.1 Å². The van der Waals surface area contributed by atoms with Crippen LogP contribution in [0.25, 0.3) is 0 Å². The van der Waals surface area contributed by atoms with E-state index in [1.165, 1.54) is 0 Å². The molecule has 1 saturated heterocycles. The third-order valence-corrected chi connectivity index (χ3v) is 2.96. The van der Waals surface area contributed by atoms with Gasteiger partial charge in [0.05, 0.1) is 11.9 Å². The van der Waals surface area contributed by atoms with Crippen molar-refractivity contribution in [2.24, 2.45) is 5.92 Å². The fourth-order valence-electron chi connectivity index (χ4n) is 2.51. The van der Waals surface area contributed by atoms with Gasteiger partial charge in [-0.05, 0) is 31.4 Å². The van der Waals surface area contributed by atoms with Gasteiger partial charge in [-0.15, -0.1) is 0 Å². The van der Waals surface area contributed by atoms with E-state index in [-0.39, 0.29) is 11.7 Å². The van der Waals surface area contributed by atoms with Crippen molar-refractivity contribution >= 4 is 0 Å². The maximum Gasteiger partial charge on any atom is 0.133 e. The maximum absolute atomic E-state index is 6.17. The molecule has 1 fully saturated rings. The van der Waals surface area contributed by atoms with Crippen LogP contribution in [0, 0.1) is 5.92 Å². The van der Waals surface area contributed by atoms with Gasteiger partial charge in [-0.25, -0.2) is 0 Å². The van der Waals surface area contributed by atoms with Crippen LogP contribution >= 0.6 is 0 Å². The zero-order valence-electron chi connectivity index (χ0n) is 10.3. The van der Waals surface area contributed by atoms with Crippen LogP contribution in [0.3, 0.4) is 0 Å². The molecule has 2 atom stereocenters. The minimum atomic E-state index is -0.0795. The fraction of sp³-hybridized carbons (Fsp3) is 0.692. The zero-order valence-corrected chi connectivity index (χ0v) is 10.3. The van der Waals surface area contributed by atoms with E-state index >= 15 is 0 Å². The SMILES string of the molecule is CC(C)CC1(C)CNCC(c2ccco2)O1. The van der Waals surface area contributed by atoms with Crippen LogP contribution in [0.15, 0.2) is 22.8 Å². The van der Waals surface area contributed by atoms with Crippen molar-refractivity contribution < 1.29 is 9.15 Å². The van der Waals surface area contributed by atoms with Gasteiger partial charge in [-0.1, -0.05) is 13.8 Å². The van der Waals surface area contributed by atoms with Crippen LogP contribution in [-0.4, -0.2) is 18.7 Å². The van der Waals surface area contributed by atoms with Gasteiger partial charge < -0.3 is 14.5 Å². The third-order valence-electron chi connectivity index (χ3n) is 2.96. The Balaban J connectivity index is 2.04. The Bertz CT molecular complexity index is 321. The van der Waals surface area contributed by atoms with Crippen molar-refractivity contribution in [2.45, 2.75) is 38.9 Å². The Labute approximate surface area is 97.2 Å². The van der Waals surface area contributed by atoms with E-state index in [1.807, 2.05) is 12.1 Å². The van der Waals surface area contributed by atoms with E-state index in [9.17, 15) is 0 Å². The summed E-state index contributed by atoms with van der Waals surface area (Å²) < 4.78 is 11.6. The Morgan fingerprint density at radius 2 is 2.38 bits per heavy atom. The molecule has 0 aromatic carbocycles. The average molecular weight is 223 g/mol. The summed E-state index contributed by atoms with van der Waals surface area (Å²) in [6.07, 6.45) is 2.82. The van der Waals surface area contributed by atoms with E-state index in [1.54, 1.807) is 6.26 Å². The van der Waals surface area contributed by atoms with Gasteiger partial charge in [0.1, 0.15) is 11.9 Å². The van der Waals surface area contributed by atoms with Crippen molar-refractivity contribution in [2.75, 3.05) is 13.1 Å². The van der Waals surface area contributed by atoms with Crippen LogP contribution in [0.5, 0.6) is 0 Å². The van der Waals surface area contributed by atoms with Gasteiger partial charge in [-0.3, -0.25) is 0 Å². The molecular formula is C13H21NO2. The van der Waals surface area contributed by atoms with Crippen LogP contribution in [-0.2, 0) is 4.74 Å². The lowest BCUT2D eigenvalue weighted by Crippen LogP contribution is -2.49. The minimum Gasteiger partial charge on any atom is -0.467 e. The molecule has 2 rings (SSSR count). The van der Waals surface area contributed by atoms with Crippen molar-refractivity contribution in [1.29, 1.82) is 0 Å². The smallest absolute Gasteiger partial charge is 0.133 e.